The van der Waals surface area contributed by atoms with Crippen molar-refractivity contribution >= 4 is 23.6 Å². The number of nitrogens with zero attached hydrogens (tertiary/aromatic N) is 3. The van der Waals surface area contributed by atoms with Gasteiger partial charge in [0, 0.05) is 11.6 Å². The van der Waals surface area contributed by atoms with E-state index in [2.05, 4.69) is 25.7 Å². The molecule has 1 amide bonds. The number of carbonyl (C=O) groups excluding carboxylic acids is 1. The second kappa shape index (κ2) is 7.39. The SMILES string of the molecule is COc1ccc(-c2nc(SC(C)C(=O)Nc3cc(C)no3)n[nH]2)cc1. The zero-order valence-electron chi connectivity index (χ0n) is 13.9. The molecule has 0 fully saturated rings. The molecule has 2 N–H and O–H groups in total. The van der Waals surface area contributed by atoms with Gasteiger partial charge in [-0.15, -0.1) is 5.10 Å². The van der Waals surface area contributed by atoms with E-state index in [9.17, 15) is 4.79 Å². The largest absolute Gasteiger partial charge is 0.497 e. The molecule has 0 spiro atoms. The molecule has 9 heteroatoms. The normalized spacial score (nSPS) is 12.0. The average Bonchev–Trinajstić information content (AvgIpc) is 3.24. The highest BCUT2D eigenvalue weighted by Gasteiger charge is 2.19. The number of benzene rings is 1. The zero-order valence-corrected chi connectivity index (χ0v) is 14.8. The third kappa shape index (κ3) is 4.18. The van der Waals surface area contributed by atoms with Gasteiger partial charge in [-0.2, -0.15) is 0 Å². The van der Waals surface area contributed by atoms with Crippen molar-refractivity contribution in [1.29, 1.82) is 0 Å². The molecule has 130 valence electrons. The minimum absolute atomic E-state index is 0.211. The van der Waals surface area contributed by atoms with Gasteiger partial charge in [-0.25, -0.2) is 4.98 Å². The topological polar surface area (TPSA) is 106 Å². The molecule has 0 saturated heterocycles. The maximum Gasteiger partial charge on any atom is 0.240 e. The fraction of sp³-hybridized carbons (Fsp3) is 0.250. The lowest BCUT2D eigenvalue weighted by atomic mass is 10.2. The van der Waals surface area contributed by atoms with Crippen molar-refractivity contribution in [3.63, 3.8) is 0 Å². The third-order valence-electron chi connectivity index (χ3n) is 3.35. The van der Waals surface area contributed by atoms with Crippen LogP contribution in [0.25, 0.3) is 11.4 Å². The molecule has 1 unspecified atom stereocenters. The number of thioether (sulfide) groups is 1. The summed E-state index contributed by atoms with van der Waals surface area (Å²) in [7, 11) is 1.62. The van der Waals surface area contributed by atoms with Crippen molar-refractivity contribution in [2.75, 3.05) is 12.4 Å². The van der Waals surface area contributed by atoms with Gasteiger partial charge in [0.05, 0.1) is 18.1 Å². The molecule has 8 nitrogen and oxygen atoms in total. The molecule has 0 aliphatic rings. The predicted molar refractivity (Wildman–Crippen MR) is 93.6 cm³/mol. The molecule has 0 bridgehead atoms. The van der Waals surface area contributed by atoms with E-state index in [1.165, 1.54) is 11.8 Å². The first-order valence-corrected chi connectivity index (χ1v) is 8.41. The van der Waals surface area contributed by atoms with E-state index in [1.807, 2.05) is 24.3 Å². The number of hydrogen-bond donors (Lipinski definition) is 2. The number of methoxy groups -OCH3 is 1. The highest BCUT2D eigenvalue weighted by molar-refractivity contribution is 8.00. The van der Waals surface area contributed by atoms with Gasteiger partial charge in [0.2, 0.25) is 16.9 Å². The van der Waals surface area contributed by atoms with Crippen molar-refractivity contribution in [2.24, 2.45) is 0 Å². The third-order valence-corrected chi connectivity index (χ3v) is 4.32. The fourth-order valence-corrected chi connectivity index (χ4v) is 2.76. The van der Waals surface area contributed by atoms with Crippen LogP contribution in [0.5, 0.6) is 5.75 Å². The van der Waals surface area contributed by atoms with Gasteiger partial charge < -0.3 is 9.26 Å². The Morgan fingerprint density at radius 3 is 2.76 bits per heavy atom. The zero-order chi connectivity index (χ0) is 17.8. The van der Waals surface area contributed by atoms with Gasteiger partial charge in [0.15, 0.2) is 5.82 Å². The Hall–Kier alpha value is -2.81. The van der Waals surface area contributed by atoms with Gasteiger partial charge in [-0.3, -0.25) is 15.2 Å². The van der Waals surface area contributed by atoms with E-state index in [-0.39, 0.29) is 5.91 Å². The maximum atomic E-state index is 12.2. The van der Waals surface area contributed by atoms with Gasteiger partial charge >= 0.3 is 0 Å². The number of aromatic amines is 1. The van der Waals surface area contributed by atoms with Crippen molar-refractivity contribution in [3.05, 3.63) is 36.0 Å². The summed E-state index contributed by atoms with van der Waals surface area (Å²) in [6.07, 6.45) is 0. The molecule has 0 radical (unpaired) electrons. The van der Waals surface area contributed by atoms with E-state index in [4.69, 9.17) is 9.26 Å². The number of aromatic nitrogens is 4. The van der Waals surface area contributed by atoms with Crippen LogP contribution in [-0.4, -0.2) is 38.6 Å². The quantitative estimate of drug-likeness (QED) is 0.652. The molecule has 0 aliphatic heterocycles. The predicted octanol–water partition coefficient (Wildman–Crippen LogP) is 2.90. The van der Waals surface area contributed by atoms with Gasteiger partial charge in [-0.1, -0.05) is 16.9 Å². The summed E-state index contributed by atoms with van der Waals surface area (Å²) in [4.78, 5) is 16.6. The Morgan fingerprint density at radius 2 is 2.12 bits per heavy atom. The molecule has 25 heavy (non-hydrogen) atoms. The number of amides is 1. The standard InChI is InChI=1S/C16H17N5O3S/c1-9-8-13(24-21-9)17-15(22)10(2)25-16-18-14(19-20-16)11-4-6-12(23-3)7-5-11/h4-8,10H,1-3H3,(H,17,22)(H,18,19,20). The summed E-state index contributed by atoms with van der Waals surface area (Å²) in [6.45, 7) is 3.55. The molecule has 2 heterocycles. The highest BCUT2D eigenvalue weighted by Crippen LogP contribution is 2.24. The summed E-state index contributed by atoms with van der Waals surface area (Å²) < 4.78 is 10.1. The Labute approximate surface area is 148 Å². The van der Waals surface area contributed by atoms with Crippen molar-refractivity contribution in [2.45, 2.75) is 24.3 Å². The van der Waals surface area contributed by atoms with Crippen molar-refractivity contribution in [1.82, 2.24) is 20.3 Å². The molecule has 2 aromatic heterocycles. The molecular formula is C16H17N5O3S. The van der Waals surface area contributed by atoms with Crippen molar-refractivity contribution < 1.29 is 14.1 Å². The average molecular weight is 359 g/mol. The molecular weight excluding hydrogens is 342 g/mol. The minimum atomic E-state index is -0.398. The number of carbonyl (C=O) groups is 1. The van der Waals surface area contributed by atoms with Crippen LogP contribution in [0.3, 0.4) is 0 Å². The monoisotopic (exact) mass is 359 g/mol. The van der Waals surface area contributed by atoms with E-state index >= 15 is 0 Å². The second-order valence-corrected chi connectivity index (χ2v) is 6.58. The van der Waals surface area contributed by atoms with Gasteiger partial charge in [0.1, 0.15) is 5.75 Å². The van der Waals surface area contributed by atoms with Crippen LogP contribution in [0, 0.1) is 6.92 Å². The number of aryl methyl sites for hydroxylation is 1. The van der Waals surface area contributed by atoms with Gasteiger partial charge in [-0.05, 0) is 38.1 Å². The van der Waals surface area contributed by atoms with Crippen LogP contribution in [0.15, 0.2) is 40.0 Å². The van der Waals surface area contributed by atoms with Crippen LogP contribution in [0.2, 0.25) is 0 Å². The molecule has 1 atom stereocenters. The summed E-state index contributed by atoms with van der Waals surface area (Å²) in [6, 6.07) is 9.12. The number of ether oxygens (including phenoxy) is 1. The smallest absolute Gasteiger partial charge is 0.240 e. The Balaban J connectivity index is 1.62. The number of rotatable bonds is 6. The summed E-state index contributed by atoms with van der Waals surface area (Å²) >= 11 is 1.25. The Bertz CT molecular complexity index is 859. The number of H-pyrrole nitrogens is 1. The Morgan fingerprint density at radius 1 is 1.36 bits per heavy atom. The number of anilines is 1. The molecule has 0 saturated carbocycles. The molecule has 3 aromatic rings. The molecule has 3 rings (SSSR count). The lowest BCUT2D eigenvalue weighted by Gasteiger charge is -2.07. The summed E-state index contributed by atoms with van der Waals surface area (Å²) in [5.41, 5.74) is 1.59. The highest BCUT2D eigenvalue weighted by atomic mass is 32.2. The Kier molecular flexibility index (Phi) is 5.03. The molecule has 0 aliphatic carbocycles. The van der Waals surface area contributed by atoms with Gasteiger partial charge in [0.25, 0.3) is 0 Å². The molecule has 1 aromatic carbocycles. The van der Waals surface area contributed by atoms with E-state index < -0.39 is 5.25 Å². The van der Waals surface area contributed by atoms with E-state index in [0.717, 1.165) is 11.3 Å². The van der Waals surface area contributed by atoms with E-state index in [1.54, 1.807) is 27.0 Å². The number of hydrogen-bond acceptors (Lipinski definition) is 7. The maximum absolute atomic E-state index is 12.2. The number of nitrogens with one attached hydrogen (secondary N) is 2. The lowest BCUT2D eigenvalue weighted by Crippen LogP contribution is -2.22. The van der Waals surface area contributed by atoms with E-state index in [0.29, 0.717) is 22.6 Å². The van der Waals surface area contributed by atoms with Crippen molar-refractivity contribution in [3.8, 4) is 17.1 Å². The fourth-order valence-electron chi connectivity index (χ4n) is 2.03. The summed E-state index contributed by atoms with van der Waals surface area (Å²) in [5.74, 6) is 1.51. The lowest BCUT2D eigenvalue weighted by molar-refractivity contribution is -0.115. The second-order valence-electron chi connectivity index (χ2n) is 5.28. The summed E-state index contributed by atoms with van der Waals surface area (Å²) in [5, 5.41) is 13.5. The van der Waals surface area contributed by atoms with Crippen LogP contribution in [0.1, 0.15) is 12.6 Å². The first kappa shape index (κ1) is 17.0. The van der Waals surface area contributed by atoms with Crippen LogP contribution in [-0.2, 0) is 4.79 Å². The van der Waals surface area contributed by atoms with Crippen LogP contribution >= 0.6 is 11.8 Å². The first-order valence-electron chi connectivity index (χ1n) is 7.53. The van der Waals surface area contributed by atoms with Crippen LogP contribution in [0.4, 0.5) is 5.88 Å². The minimum Gasteiger partial charge on any atom is -0.497 e. The first-order chi connectivity index (χ1) is 12.0. The van der Waals surface area contributed by atoms with Crippen LogP contribution < -0.4 is 10.1 Å².